The Hall–Kier alpha value is -2.60. The second-order valence-electron chi connectivity index (χ2n) is 4.95. The molecule has 0 heterocycles. The van der Waals surface area contributed by atoms with Gasteiger partial charge >= 0.3 is 5.97 Å². The molecule has 0 spiro atoms. The van der Waals surface area contributed by atoms with Crippen molar-refractivity contribution >= 4 is 29.2 Å². The van der Waals surface area contributed by atoms with Crippen molar-refractivity contribution in [1.82, 2.24) is 0 Å². The minimum absolute atomic E-state index is 0.0476. The maximum atomic E-state index is 13.6. The van der Waals surface area contributed by atoms with E-state index in [1.165, 1.54) is 19.2 Å². The summed E-state index contributed by atoms with van der Waals surface area (Å²) in [6.07, 6.45) is 0. The minimum Gasteiger partial charge on any atom is -0.496 e. The van der Waals surface area contributed by atoms with Crippen molar-refractivity contribution in [2.24, 2.45) is 0 Å². The first kappa shape index (κ1) is 17.7. The molecule has 2 aromatic rings. The molecule has 0 saturated heterocycles. The quantitative estimate of drug-likeness (QED) is 0.836. The van der Waals surface area contributed by atoms with Crippen molar-refractivity contribution < 1.29 is 23.5 Å². The summed E-state index contributed by atoms with van der Waals surface area (Å²) >= 11 is 5.63. The summed E-state index contributed by atoms with van der Waals surface area (Å²) in [6, 6.07) is 8.84. The lowest BCUT2D eigenvalue weighted by molar-refractivity contribution is -0.119. The van der Waals surface area contributed by atoms with Gasteiger partial charge in [-0.3, -0.25) is 4.79 Å². The predicted molar refractivity (Wildman–Crippen MR) is 88.1 cm³/mol. The summed E-state index contributed by atoms with van der Waals surface area (Å²) in [5.41, 5.74) is 1.01. The molecule has 2 aromatic carbocycles. The van der Waals surface area contributed by atoms with Crippen molar-refractivity contribution in [1.29, 1.82) is 0 Å². The van der Waals surface area contributed by atoms with Gasteiger partial charge in [-0.15, -0.1) is 0 Å². The van der Waals surface area contributed by atoms with Gasteiger partial charge in [-0.05, 0) is 37.3 Å². The molecular formula is C17H15ClFNO4. The molecule has 7 heteroatoms. The first-order chi connectivity index (χ1) is 11.4. The molecule has 0 aliphatic heterocycles. The lowest BCUT2D eigenvalue weighted by Gasteiger charge is -2.10. The van der Waals surface area contributed by atoms with Crippen LogP contribution in [0.25, 0.3) is 0 Å². The van der Waals surface area contributed by atoms with Crippen molar-refractivity contribution in [3.05, 3.63) is 58.4 Å². The summed E-state index contributed by atoms with van der Waals surface area (Å²) in [7, 11) is 1.43. The normalized spacial score (nSPS) is 10.2. The highest BCUT2D eigenvalue weighted by Gasteiger charge is 2.16. The summed E-state index contributed by atoms with van der Waals surface area (Å²) in [6.45, 7) is 1.25. The molecule has 0 aliphatic rings. The Balaban J connectivity index is 1.99. The maximum Gasteiger partial charge on any atom is 0.342 e. The number of anilines is 1. The lowest BCUT2D eigenvalue weighted by atomic mass is 10.1. The molecule has 0 fully saturated rings. The Morgan fingerprint density at radius 2 is 1.96 bits per heavy atom. The average Bonchev–Trinajstić information content (AvgIpc) is 2.55. The van der Waals surface area contributed by atoms with Crippen LogP contribution in [0.4, 0.5) is 10.1 Å². The number of hydrogen-bond donors (Lipinski definition) is 1. The number of aryl methyl sites for hydroxylation is 1. The van der Waals surface area contributed by atoms with Crippen LogP contribution in [0.3, 0.4) is 0 Å². The average molecular weight is 352 g/mol. The molecule has 1 amide bonds. The fraction of sp³-hybridized carbons (Fsp3) is 0.176. The third-order valence-electron chi connectivity index (χ3n) is 3.11. The van der Waals surface area contributed by atoms with E-state index in [0.717, 1.165) is 11.6 Å². The minimum atomic E-state index is -0.706. The molecule has 0 radical (unpaired) electrons. The zero-order valence-corrected chi connectivity index (χ0v) is 13.8. The predicted octanol–water partition coefficient (Wildman–Crippen LogP) is 3.59. The summed E-state index contributed by atoms with van der Waals surface area (Å²) in [5, 5.41) is 2.51. The van der Waals surface area contributed by atoms with E-state index in [9.17, 15) is 14.0 Å². The molecule has 1 N–H and O–H groups in total. The number of esters is 1. The highest BCUT2D eigenvalue weighted by Crippen LogP contribution is 2.21. The number of methoxy groups -OCH3 is 1. The van der Waals surface area contributed by atoms with E-state index in [0.29, 0.717) is 5.75 Å². The van der Waals surface area contributed by atoms with Gasteiger partial charge in [0.05, 0.1) is 12.8 Å². The molecule has 5 nitrogen and oxygen atoms in total. The molecule has 0 aromatic heterocycles. The van der Waals surface area contributed by atoms with E-state index in [4.69, 9.17) is 21.1 Å². The standard InChI is InChI=1S/C17H15ClFNO4/c1-10-3-6-15(23-2)12(7-10)17(22)24-9-16(21)20-14-5-4-11(18)8-13(14)19/h3-8H,9H2,1-2H3,(H,20,21). The summed E-state index contributed by atoms with van der Waals surface area (Å²) in [4.78, 5) is 23.9. The maximum absolute atomic E-state index is 13.6. The number of nitrogens with one attached hydrogen (secondary N) is 1. The Bertz CT molecular complexity index is 779. The van der Waals surface area contributed by atoms with Gasteiger partial charge in [0, 0.05) is 5.02 Å². The van der Waals surface area contributed by atoms with Gasteiger partial charge in [0.25, 0.3) is 5.91 Å². The summed E-state index contributed by atoms with van der Waals surface area (Å²) in [5.74, 6) is -1.71. The Morgan fingerprint density at radius 1 is 1.21 bits per heavy atom. The highest BCUT2D eigenvalue weighted by atomic mass is 35.5. The third-order valence-corrected chi connectivity index (χ3v) is 3.35. The molecule has 0 atom stereocenters. The second-order valence-corrected chi connectivity index (χ2v) is 5.39. The topological polar surface area (TPSA) is 64.6 Å². The van der Waals surface area contributed by atoms with Gasteiger partial charge in [-0.1, -0.05) is 23.2 Å². The number of amides is 1. The van der Waals surface area contributed by atoms with E-state index in [-0.39, 0.29) is 16.3 Å². The highest BCUT2D eigenvalue weighted by molar-refractivity contribution is 6.30. The fourth-order valence-electron chi connectivity index (χ4n) is 1.97. The van der Waals surface area contributed by atoms with Crippen molar-refractivity contribution in [3.8, 4) is 5.75 Å². The molecule has 0 bridgehead atoms. The van der Waals surface area contributed by atoms with E-state index >= 15 is 0 Å². The van der Waals surface area contributed by atoms with Crippen LogP contribution in [0.1, 0.15) is 15.9 Å². The number of carbonyl (C=O) groups excluding carboxylic acids is 2. The van der Waals surface area contributed by atoms with Crippen LogP contribution >= 0.6 is 11.6 Å². The first-order valence-electron chi connectivity index (χ1n) is 6.97. The summed E-state index contributed by atoms with van der Waals surface area (Å²) < 4.78 is 23.6. The van der Waals surface area contributed by atoms with Crippen LogP contribution < -0.4 is 10.1 Å². The van der Waals surface area contributed by atoms with Crippen LogP contribution in [0.2, 0.25) is 5.02 Å². The monoisotopic (exact) mass is 351 g/mol. The molecule has 0 aliphatic carbocycles. The van der Waals surface area contributed by atoms with Crippen LogP contribution in [0.5, 0.6) is 5.75 Å². The van der Waals surface area contributed by atoms with Crippen molar-refractivity contribution in [2.75, 3.05) is 19.0 Å². The fourth-order valence-corrected chi connectivity index (χ4v) is 2.13. The van der Waals surface area contributed by atoms with E-state index in [1.807, 2.05) is 6.92 Å². The molecule has 24 heavy (non-hydrogen) atoms. The molecule has 126 valence electrons. The van der Waals surface area contributed by atoms with E-state index < -0.39 is 24.3 Å². The number of ether oxygens (including phenoxy) is 2. The van der Waals surface area contributed by atoms with Crippen LogP contribution in [-0.4, -0.2) is 25.6 Å². The van der Waals surface area contributed by atoms with Gasteiger partial charge in [0.2, 0.25) is 0 Å². The second kappa shape index (κ2) is 7.79. The first-order valence-corrected chi connectivity index (χ1v) is 7.35. The van der Waals surface area contributed by atoms with Crippen LogP contribution in [0, 0.1) is 12.7 Å². The molecular weight excluding hydrogens is 337 g/mol. The van der Waals surface area contributed by atoms with Crippen LogP contribution in [-0.2, 0) is 9.53 Å². The number of rotatable bonds is 5. The molecule has 2 rings (SSSR count). The van der Waals surface area contributed by atoms with Gasteiger partial charge in [0.15, 0.2) is 6.61 Å². The number of hydrogen-bond acceptors (Lipinski definition) is 4. The Labute approximate surface area is 143 Å². The smallest absolute Gasteiger partial charge is 0.342 e. The van der Waals surface area contributed by atoms with Crippen molar-refractivity contribution in [2.45, 2.75) is 6.92 Å². The van der Waals surface area contributed by atoms with E-state index in [2.05, 4.69) is 5.32 Å². The van der Waals surface area contributed by atoms with Gasteiger partial charge in [0.1, 0.15) is 17.1 Å². The number of halogens is 2. The zero-order valence-electron chi connectivity index (χ0n) is 13.1. The third kappa shape index (κ3) is 4.45. The Morgan fingerprint density at radius 3 is 2.62 bits per heavy atom. The molecule has 0 unspecified atom stereocenters. The lowest BCUT2D eigenvalue weighted by Crippen LogP contribution is -2.21. The van der Waals surface area contributed by atoms with E-state index in [1.54, 1.807) is 18.2 Å². The number of benzene rings is 2. The largest absolute Gasteiger partial charge is 0.496 e. The van der Waals surface area contributed by atoms with Crippen molar-refractivity contribution in [3.63, 3.8) is 0 Å². The molecule has 0 saturated carbocycles. The van der Waals surface area contributed by atoms with Gasteiger partial charge in [-0.2, -0.15) is 0 Å². The van der Waals surface area contributed by atoms with Gasteiger partial charge in [-0.25, -0.2) is 9.18 Å². The van der Waals surface area contributed by atoms with Crippen LogP contribution in [0.15, 0.2) is 36.4 Å². The Kier molecular flexibility index (Phi) is 5.76. The zero-order chi connectivity index (χ0) is 17.7. The number of carbonyl (C=O) groups is 2. The van der Waals surface area contributed by atoms with Gasteiger partial charge < -0.3 is 14.8 Å². The SMILES string of the molecule is COc1ccc(C)cc1C(=O)OCC(=O)Nc1ccc(Cl)cc1F.